The number of benzene rings is 1. The number of carboxylic acids is 1. The Morgan fingerprint density at radius 3 is 2.56 bits per heavy atom. The number of hydrogen-bond acceptors (Lipinski definition) is 2. The van der Waals surface area contributed by atoms with Crippen LogP contribution < -0.4 is 0 Å². The Bertz CT molecular complexity index is 611. The summed E-state index contributed by atoms with van der Waals surface area (Å²) >= 11 is 0. The van der Waals surface area contributed by atoms with E-state index in [1.807, 2.05) is 23.6 Å². The van der Waals surface area contributed by atoms with Crippen LogP contribution in [0.15, 0.2) is 24.3 Å². The van der Waals surface area contributed by atoms with Gasteiger partial charge in [-0.15, -0.1) is 0 Å². The number of rotatable bonds is 3. The van der Waals surface area contributed by atoms with Crippen molar-refractivity contribution in [3.05, 3.63) is 30.0 Å². The van der Waals surface area contributed by atoms with Crippen LogP contribution in [0.1, 0.15) is 26.5 Å². The van der Waals surface area contributed by atoms with Gasteiger partial charge < -0.3 is 14.8 Å². The molecule has 96 valence electrons. The maximum absolute atomic E-state index is 11.4. The first kappa shape index (κ1) is 12.5. The summed E-state index contributed by atoms with van der Waals surface area (Å²) in [6.45, 7) is 6.05. The number of fused-ring (bicyclic) bond motifs is 1. The molecular weight excluding hydrogens is 230 g/mol. The van der Waals surface area contributed by atoms with E-state index in [2.05, 4.69) is 0 Å². The molecule has 2 aromatic rings. The van der Waals surface area contributed by atoms with Gasteiger partial charge in [-0.25, -0.2) is 0 Å². The molecule has 0 saturated heterocycles. The largest absolute Gasteiger partial charge is 0.508 e. The first-order valence-corrected chi connectivity index (χ1v) is 5.94. The average Bonchev–Trinajstić information content (AvgIpc) is 2.66. The quantitative estimate of drug-likeness (QED) is 0.876. The highest BCUT2D eigenvalue weighted by atomic mass is 16.4. The Hall–Kier alpha value is -1.97. The fourth-order valence-corrected chi connectivity index (χ4v) is 2.23. The molecule has 1 heterocycles. The topological polar surface area (TPSA) is 62.5 Å². The van der Waals surface area contributed by atoms with Gasteiger partial charge in [-0.1, -0.05) is 0 Å². The van der Waals surface area contributed by atoms with Crippen molar-refractivity contribution in [1.29, 1.82) is 0 Å². The van der Waals surface area contributed by atoms with E-state index >= 15 is 0 Å². The first-order valence-electron chi connectivity index (χ1n) is 5.94. The van der Waals surface area contributed by atoms with Gasteiger partial charge in [0.1, 0.15) is 11.2 Å². The van der Waals surface area contributed by atoms with E-state index in [-0.39, 0.29) is 5.75 Å². The molecule has 4 nitrogen and oxygen atoms in total. The van der Waals surface area contributed by atoms with E-state index in [1.165, 1.54) is 0 Å². The van der Waals surface area contributed by atoms with Gasteiger partial charge in [0.15, 0.2) is 0 Å². The number of aromatic hydroxyl groups is 1. The van der Waals surface area contributed by atoms with Crippen LogP contribution in [0.25, 0.3) is 10.9 Å². The molecule has 0 unspecified atom stereocenters. The molecule has 0 fully saturated rings. The molecule has 0 saturated carbocycles. The maximum Gasteiger partial charge on any atom is 0.315 e. The van der Waals surface area contributed by atoms with E-state index < -0.39 is 11.4 Å². The van der Waals surface area contributed by atoms with Crippen molar-refractivity contribution in [2.45, 2.75) is 32.7 Å². The predicted molar refractivity (Wildman–Crippen MR) is 69.9 cm³/mol. The normalized spacial score (nSPS) is 11.9. The number of carbonyl (C=O) groups is 1. The fraction of sp³-hybridized carbons (Fsp3) is 0.357. The van der Waals surface area contributed by atoms with Crippen molar-refractivity contribution >= 4 is 16.9 Å². The van der Waals surface area contributed by atoms with Crippen molar-refractivity contribution < 1.29 is 15.0 Å². The highest BCUT2D eigenvalue weighted by Gasteiger charge is 2.33. The van der Waals surface area contributed by atoms with Crippen LogP contribution in [0.5, 0.6) is 5.75 Å². The Morgan fingerprint density at radius 2 is 2.00 bits per heavy atom. The lowest BCUT2D eigenvalue weighted by atomic mass is 9.89. The van der Waals surface area contributed by atoms with Gasteiger partial charge in [0, 0.05) is 23.1 Å². The van der Waals surface area contributed by atoms with Crippen LogP contribution in [0.2, 0.25) is 0 Å². The Balaban J connectivity index is 2.75. The van der Waals surface area contributed by atoms with Crippen molar-refractivity contribution in [1.82, 2.24) is 4.57 Å². The number of hydrogen-bond donors (Lipinski definition) is 2. The molecule has 0 atom stereocenters. The Labute approximate surface area is 105 Å². The summed E-state index contributed by atoms with van der Waals surface area (Å²) in [6, 6.07) is 6.93. The van der Waals surface area contributed by atoms with Gasteiger partial charge in [-0.3, -0.25) is 4.79 Å². The van der Waals surface area contributed by atoms with Crippen LogP contribution in [-0.2, 0) is 16.8 Å². The van der Waals surface area contributed by atoms with Crippen LogP contribution in [0.3, 0.4) is 0 Å². The molecule has 0 amide bonds. The molecule has 0 spiro atoms. The minimum atomic E-state index is -0.954. The summed E-state index contributed by atoms with van der Waals surface area (Å²) < 4.78 is 1.98. The summed E-state index contributed by atoms with van der Waals surface area (Å²) in [5.41, 5.74) is 0.739. The van der Waals surface area contributed by atoms with Crippen molar-refractivity contribution in [3.63, 3.8) is 0 Å². The van der Waals surface area contributed by atoms with Gasteiger partial charge in [0.25, 0.3) is 0 Å². The number of nitrogens with zero attached hydrogens (tertiary/aromatic N) is 1. The average molecular weight is 247 g/mol. The second-order valence-electron chi connectivity index (χ2n) is 4.95. The third kappa shape index (κ3) is 1.74. The van der Waals surface area contributed by atoms with E-state index in [9.17, 15) is 15.0 Å². The lowest BCUT2D eigenvalue weighted by Gasteiger charge is -2.21. The third-order valence-corrected chi connectivity index (χ3v) is 3.38. The molecule has 18 heavy (non-hydrogen) atoms. The van der Waals surface area contributed by atoms with Crippen LogP contribution in [0.4, 0.5) is 0 Å². The van der Waals surface area contributed by atoms with Gasteiger partial charge in [0.2, 0.25) is 0 Å². The molecule has 0 radical (unpaired) electrons. The number of aryl methyl sites for hydroxylation is 1. The summed E-state index contributed by atoms with van der Waals surface area (Å²) in [4.78, 5) is 11.4. The van der Waals surface area contributed by atoms with E-state index in [4.69, 9.17) is 0 Å². The van der Waals surface area contributed by atoms with Gasteiger partial charge in [-0.2, -0.15) is 0 Å². The van der Waals surface area contributed by atoms with E-state index in [0.29, 0.717) is 6.54 Å². The summed E-state index contributed by atoms with van der Waals surface area (Å²) in [6.07, 6.45) is 0. The van der Waals surface area contributed by atoms with Gasteiger partial charge in [0.05, 0.1) is 0 Å². The first-order chi connectivity index (χ1) is 8.37. The summed E-state index contributed by atoms with van der Waals surface area (Å²) in [5, 5.41) is 19.7. The lowest BCUT2D eigenvalue weighted by molar-refractivity contribution is -0.142. The van der Waals surface area contributed by atoms with E-state index in [1.54, 1.807) is 26.0 Å². The zero-order valence-electron chi connectivity index (χ0n) is 10.8. The Morgan fingerprint density at radius 1 is 1.33 bits per heavy atom. The van der Waals surface area contributed by atoms with Crippen LogP contribution in [0, 0.1) is 0 Å². The van der Waals surface area contributed by atoms with Crippen LogP contribution in [-0.4, -0.2) is 20.7 Å². The van der Waals surface area contributed by atoms with Crippen molar-refractivity contribution in [2.75, 3.05) is 0 Å². The number of phenols is 1. The minimum absolute atomic E-state index is 0.190. The van der Waals surface area contributed by atoms with Gasteiger partial charge in [-0.05, 0) is 45.0 Å². The second-order valence-corrected chi connectivity index (χ2v) is 4.95. The monoisotopic (exact) mass is 247 g/mol. The van der Waals surface area contributed by atoms with Crippen molar-refractivity contribution in [2.24, 2.45) is 0 Å². The SMILES string of the molecule is CCn1c(C(C)(C)C(=O)O)cc2cc(O)ccc21. The maximum atomic E-state index is 11.4. The summed E-state index contributed by atoms with van der Waals surface area (Å²) in [5.74, 6) is -0.667. The molecule has 4 heteroatoms. The molecule has 1 aromatic carbocycles. The number of aromatic nitrogens is 1. The molecule has 2 N–H and O–H groups in total. The zero-order valence-corrected chi connectivity index (χ0v) is 10.8. The molecular formula is C14H17NO3. The Kier molecular flexibility index (Phi) is 2.81. The van der Waals surface area contributed by atoms with Crippen molar-refractivity contribution in [3.8, 4) is 5.75 Å². The number of carboxylic acid groups (broad SMARTS) is 1. The molecule has 0 bridgehead atoms. The standard InChI is InChI=1S/C14H17NO3/c1-4-15-11-6-5-10(16)7-9(11)8-12(15)14(2,3)13(17)18/h5-8,16H,4H2,1-3H3,(H,17,18). The molecule has 0 aliphatic rings. The predicted octanol–water partition coefficient (Wildman–Crippen LogP) is 2.73. The minimum Gasteiger partial charge on any atom is -0.508 e. The lowest BCUT2D eigenvalue weighted by Crippen LogP contribution is -2.31. The van der Waals surface area contributed by atoms with E-state index in [0.717, 1.165) is 16.6 Å². The van der Waals surface area contributed by atoms with Gasteiger partial charge >= 0.3 is 5.97 Å². The highest BCUT2D eigenvalue weighted by molar-refractivity contribution is 5.87. The molecule has 0 aliphatic heterocycles. The number of aliphatic carboxylic acids is 1. The molecule has 0 aliphatic carbocycles. The third-order valence-electron chi connectivity index (χ3n) is 3.38. The highest BCUT2D eigenvalue weighted by Crippen LogP contribution is 2.31. The molecule has 2 rings (SSSR count). The fourth-order valence-electron chi connectivity index (χ4n) is 2.23. The smallest absolute Gasteiger partial charge is 0.315 e. The molecule has 1 aromatic heterocycles. The summed E-state index contributed by atoms with van der Waals surface area (Å²) in [7, 11) is 0. The zero-order chi connectivity index (χ0) is 13.5. The second kappa shape index (κ2) is 4.05. The number of phenolic OH excluding ortho intramolecular Hbond substituents is 1. The van der Waals surface area contributed by atoms with Crippen LogP contribution >= 0.6 is 0 Å².